The van der Waals surface area contributed by atoms with Crippen molar-refractivity contribution in [3.05, 3.63) is 48.3 Å². The summed E-state index contributed by atoms with van der Waals surface area (Å²) in [5.41, 5.74) is 2.40. The number of piperidine rings is 2. The average molecular weight is 397 g/mol. The number of carbonyl (C=O) groups excluding carboxylic acids is 1. The fraction of sp³-hybridized carbons (Fsp3) is 0.591. The fourth-order valence-corrected chi connectivity index (χ4v) is 4.63. The zero-order valence-corrected chi connectivity index (χ0v) is 17.1. The zero-order chi connectivity index (χ0) is 19.9. The van der Waals surface area contributed by atoms with E-state index in [1.807, 2.05) is 18.6 Å². The Labute approximate surface area is 172 Å². The molecule has 1 atom stereocenters. The zero-order valence-electron chi connectivity index (χ0n) is 17.1. The molecular weight excluding hydrogens is 364 g/mol. The second kappa shape index (κ2) is 9.98. The first kappa shape index (κ1) is 20.0. The van der Waals surface area contributed by atoms with Gasteiger partial charge in [0, 0.05) is 56.4 Å². The number of nitrogens with zero attached hydrogens (tertiary/aromatic N) is 4. The summed E-state index contributed by atoms with van der Waals surface area (Å²) >= 11 is 0. The van der Waals surface area contributed by atoms with Gasteiger partial charge < -0.3 is 10.3 Å². The Morgan fingerprint density at radius 1 is 1.14 bits per heavy atom. The van der Waals surface area contributed by atoms with Gasteiger partial charge in [0.15, 0.2) is 0 Å². The molecule has 2 aromatic rings. The molecule has 156 valence electrons. The van der Waals surface area contributed by atoms with Crippen LogP contribution in [-0.4, -0.2) is 69.4 Å². The molecule has 2 aromatic heterocycles. The summed E-state index contributed by atoms with van der Waals surface area (Å²) in [4.78, 5) is 28.9. The largest absolute Gasteiger partial charge is 0.355 e. The van der Waals surface area contributed by atoms with Gasteiger partial charge in [-0.25, -0.2) is 4.98 Å². The van der Waals surface area contributed by atoms with Crippen molar-refractivity contribution in [2.45, 2.75) is 44.7 Å². The van der Waals surface area contributed by atoms with Gasteiger partial charge in [-0.15, -0.1) is 0 Å². The summed E-state index contributed by atoms with van der Waals surface area (Å²) < 4.78 is 0. The number of nitrogens with one attached hydrogen (secondary N) is 2. The molecular formula is C22H32N6O. The summed E-state index contributed by atoms with van der Waals surface area (Å²) in [6.07, 6.45) is 12.6. The minimum atomic E-state index is 0.125. The van der Waals surface area contributed by atoms with Gasteiger partial charge in [0.2, 0.25) is 5.91 Å². The molecule has 4 rings (SSSR count). The molecule has 0 spiro atoms. The molecule has 0 aliphatic carbocycles. The second-order valence-corrected chi connectivity index (χ2v) is 8.31. The third-order valence-corrected chi connectivity index (χ3v) is 6.30. The number of hydrogen-bond acceptors (Lipinski definition) is 5. The van der Waals surface area contributed by atoms with Crippen LogP contribution >= 0.6 is 0 Å². The normalized spacial score (nSPS) is 21.9. The van der Waals surface area contributed by atoms with Crippen LogP contribution < -0.4 is 5.32 Å². The minimum Gasteiger partial charge on any atom is -0.355 e. The Hall–Kier alpha value is -2.25. The van der Waals surface area contributed by atoms with Gasteiger partial charge in [0.05, 0.1) is 12.2 Å². The standard InChI is InChI=1S/C22H32N6O/c29-22(25-10-5-20-14-24-17-26-20)19-2-1-11-28(16-19)21-6-12-27(13-7-21)15-18-3-8-23-9-4-18/h3-4,8-9,14,17,19,21H,1-2,5-7,10-13,15-16H2,(H,24,26)(H,25,29)/t19-/m1/s1. The lowest BCUT2D eigenvalue weighted by molar-refractivity contribution is -0.127. The summed E-state index contributed by atoms with van der Waals surface area (Å²) in [7, 11) is 0. The van der Waals surface area contributed by atoms with E-state index in [9.17, 15) is 4.79 Å². The van der Waals surface area contributed by atoms with Crippen LogP contribution in [0.15, 0.2) is 37.1 Å². The molecule has 2 saturated heterocycles. The number of carbonyl (C=O) groups is 1. The van der Waals surface area contributed by atoms with Crippen molar-refractivity contribution in [3.63, 3.8) is 0 Å². The van der Waals surface area contributed by atoms with Gasteiger partial charge in [0.25, 0.3) is 0 Å². The molecule has 7 nitrogen and oxygen atoms in total. The molecule has 0 radical (unpaired) electrons. The SMILES string of the molecule is O=C(NCCc1cnc[nH]1)[C@@H]1CCCN(C2CCN(Cc3ccncc3)CC2)C1. The predicted molar refractivity (Wildman–Crippen MR) is 112 cm³/mol. The Morgan fingerprint density at radius 3 is 2.72 bits per heavy atom. The van der Waals surface area contributed by atoms with Crippen molar-refractivity contribution in [3.8, 4) is 0 Å². The number of likely N-dealkylation sites (tertiary alicyclic amines) is 2. The Balaban J connectivity index is 1.20. The van der Waals surface area contributed by atoms with Crippen molar-refractivity contribution >= 4 is 5.91 Å². The number of aromatic nitrogens is 3. The number of aromatic amines is 1. The third kappa shape index (κ3) is 5.64. The Morgan fingerprint density at radius 2 is 1.97 bits per heavy atom. The molecule has 0 unspecified atom stereocenters. The van der Waals surface area contributed by atoms with Crippen LogP contribution in [0.4, 0.5) is 0 Å². The summed E-state index contributed by atoms with van der Waals surface area (Å²) in [6, 6.07) is 4.82. The number of pyridine rings is 1. The molecule has 2 N–H and O–H groups in total. The van der Waals surface area contributed by atoms with Gasteiger partial charge in [-0.1, -0.05) is 0 Å². The van der Waals surface area contributed by atoms with E-state index in [1.165, 1.54) is 18.4 Å². The van der Waals surface area contributed by atoms with Crippen LogP contribution in [0.3, 0.4) is 0 Å². The van der Waals surface area contributed by atoms with Crippen molar-refractivity contribution in [2.75, 3.05) is 32.7 Å². The summed E-state index contributed by atoms with van der Waals surface area (Å²) in [5.74, 6) is 0.338. The highest BCUT2D eigenvalue weighted by molar-refractivity contribution is 5.78. The maximum absolute atomic E-state index is 12.6. The monoisotopic (exact) mass is 396 g/mol. The third-order valence-electron chi connectivity index (χ3n) is 6.30. The lowest BCUT2D eigenvalue weighted by atomic mass is 9.93. The molecule has 29 heavy (non-hydrogen) atoms. The fourth-order valence-electron chi connectivity index (χ4n) is 4.63. The molecule has 2 fully saturated rings. The first-order valence-electron chi connectivity index (χ1n) is 10.9. The van der Waals surface area contributed by atoms with Crippen molar-refractivity contribution in [2.24, 2.45) is 5.92 Å². The molecule has 4 heterocycles. The molecule has 0 saturated carbocycles. The number of rotatable bonds is 7. The average Bonchev–Trinajstić information content (AvgIpc) is 3.29. The molecule has 0 aromatic carbocycles. The van der Waals surface area contributed by atoms with E-state index in [0.29, 0.717) is 12.6 Å². The van der Waals surface area contributed by atoms with E-state index in [0.717, 1.165) is 57.7 Å². The van der Waals surface area contributed by atoms with E-state index in [-0.39, 0.29) is 11.8 Å². The Bertz CT molecular complexity index is 742. The van der Waals surface area contributed by atoms with Gasteiger partial charge in [-0.2, -0.15) is 0 Å². The first-order chi connectivity index (χ1) is 14.3. The lowest BCUT2D eigenvalue weighted by Crippen LogP contribution is -2.50. The molecule has 2 aliphatic rings. The van der Waals surface area contributed by atoms with Crippen LogP contribution in [0.5, 0.6) is 0 Å². The smallest absolute Gasteiger partial charge is 0.224 e. The first-order valence-corrected chi connectivity index (χ1v) is 10.9. The minimum absolute atomic E-state index is 0.125. The highest BCUT2D eigenvalue weighted by atomic mass is 16.1. The highest BCUT2D eigenvalue weighted by Gasteiger charge is 2.31. The Kier molecular flexibility index (Phi) is 6.90. The van der Waals surface area contributed by atoms with E-state index in [2.05, 4.69) is 42.2 Å². The molecule has 7 heteroatoms. The van der Waals surface area contributed by atoms with E-state index >= 15 is 0 Å². The molecule has 2 aliphatic heterocycles. The second-order valence-electron chi connectivity index (χ2n) is 8.31. The van der Waals surface area contributed by atoms with E-state index in [1.54, 1.807) is 6.33 Å². The summed E-state index contributed by atoms with van der Waals surface area (Å²) in [6.45, 7) is 5.98. The van der Waals surface area contributed by atoms with Crippen molar-refractivity contribution in [1.29, 1.82) is 0 Å². The number of hydrogen-bond donors (Lipinski definition) is 2. The molecule has 1 amide bonds. The van der Waals surface area contributed by atoms with Crippen LogP contribution in [0, 0.1) is 5.92 Å². The predicted octanol–water partition coefficient (Wildman–Crippen LogP) is 1.84. The maximum atomic E-state index is 12.6. The van der Waals surface area contributed by atoms with Gasteiger partial charge >= 0.3 is 0 Å². The van der Waals surface area contributed by atoms with E-state index < -0.39 is 0 Å². The van der Waals surface area contributed by atoms with Gasteiger partial charge in [0.1, 0.15) is 0 Å². The van der Waals surface area contributed by atoms with Gasteiger partial charge in [-0.05, 0) is 63.0 Å². The number of imidazole rings is 1. The van der Waals surface area contributed by atoms with E-state index in [4.69, 9.17) is 0 Å². The van der Waals surface area contributed by atoms with Crippen LogP contribution in [0.25, 0.3) is 0 Å². The number of H-pyrrole nitrogens is 1. The quantitative estimate of drug-likeness (QED) is 0.747. The number of amides is 1. The van der Waals surface area contributed by atoms with Crippen LogP contribution in [0.1, 0.15) is 36.9 Å². The van der Waals surface area contributed by atoms with Crippen LogP contribution in [-0.2, 0) is 17.8 Å². The van der Waals surface area contributed by atoms with Crippen molar-refractivity contribution in [1.82, 2.24) is 30.1 Å². The topological polar surface area (TPSA) is 77.2 Å². The summed E-state index contributed by atoms with van der Waals surface area (Å²) in [5, 5.41) is 3.12. The lowest BCUT2D eigenvalue weighted by Gasteiger charge is -2.42. The highest BCUT2D eigenvalue weighted by Crippen LogP contribution is 2.24. The van der Waals surface area contributed by atoms with Crippen molar-refractivity contribution < 1.29 is 4.79 Å². The van der Waals surface area contributed by atoms with Gasteiger partial charge in [-0.3, -0.25) is 19.6 Å². The maximum Gasteiger partial charge on any atom is 0.224 e. The van der Waals surface area contributed by atoms with Crippen LogP contribution in [0.2, 0.25) is 0 Å². The molecule has 0 bridgehead atoms.